The Morgan fingerprint density at radius 1 is 1.17 bits per heavy atom. The Morgan fingerprint density at radius 2 is 1.90 bits per heavy atom. The van der Waals surface area contributed by atoms with E-state index in [1.54, 1.807) is 12.1 Å². The molecule has 2 aromatic carbocycles. The maximum Gasteiger partial charge on any atom is 0.280 e. The van der Waals surface area contributed by atoms with Gasteiger partial charge in [-0.05, 0) is 62.1 Å². The van der Waals surface area contributed by atoms with Crippen LogP contribution < -0.4 is 15.6 Å². The van der Waals surface area contributed by atoms with Gasteiger partial charge < -0.3 is 9.75 Å². The van der Waals surface area contributed by atoms with Gasteiger partial charge >= 0.3 is 0 Å². The van der Waals surface area contributed by atoms with Gasteiger partial charge in [0.2, 0.25) is 0 Å². The van der Waals surface area contributed by atoms with E-state index in [0.717, 1.165) is 46.5 Å². The van der Waals surface area contributed by atoms with Crippen LogP contribution in [0.4, 0.5) is 14.5 Å². The van der Waals surface area contributed by atoms with Crippen LogP contribution in [0.5, 0.6) is 5.75 Å². The maximum atomic E-state index is 13.4. The van der Waals surface area contributed by atoms with Crippen LogP contribution in [0.3, 0.4) is 0 Å². The predicted molar refractivity (Wildman–Crippen MR) is 114 cm³/mol. The number of aryl methyl sites for hydroxylation is 2. The molecular weight excluding hydrogens is 386 g/mol. The summed E-state index contributed by atoms with van der Waals surface area (Å²) in [5, 5.41) is 6.06. The highest BCUT2D eigenvalue weighted by Gasteiger charge is 2.30. The van der Waals surface area contributed by atoms with Crippen molar-refractivity contribution < 1.29 is 13.5 Å². The fourth-order valence-electron chi connectivity index (χ4n) is 3.67. The Labute approximate surface area is 175 Å². The topological polar surface area (TPSA) is 56.3 Å². The standard InChI is InChI=1S/C23H26F2N4O/c1-14-11-22(30-13-16-6-4-5-7-20(16)28(3)26)15(2)10-18(14)19-12-21(23(24)25)29(27-19)17-8-9-17/h4-7,10-12,17,23H,8-9,13,26H2,1-3H3. The highest BCUT2D eigenvalue weighted by molar-refractivity contribution is 5.67. The Morgan fingerprint density at radius 3 is 2.57 bits per heavy atom. The lowest BCUT2D eigenvalue weighted by molar-refractivity contribution is 0.139. The average molecular weight is 412 g/mol. The first-order chi connectivity index (χ1) is 14.3. The molecule has 1 fully saturated rings. The van der Waals surface area contributed by atoms with Crippen molar-refractivity contribution in [2.24, 2.45) is 5.84 Å². The molecule has 0 spiro atoms. The Bertz CT molecular complexity index is 1040. The number of hydrazine groups is 1. The van der Waals surface area contributed by atoms with E-state index in [0.29, 0.717) is 12.3 Å². The molecule has 0 unspecified atom stereocenters. The number of aromatic nitrogens is 2. The Hall–Kier alpha value is -2.93. The second-order valence-electron chi connectivity index (χ2n) is 7.89. The fraction of sp³-hybridized carbons (Fsp3) is 0.348. The molecule has 5 nitrogen and oxygen atoms in total. The summed E-state index contributed by atoms with van der Waals surface area (Å²) in [4.78, 5) is 0. The minimum atomic E-state index is -2.53. The number of benzene rings is 2. The van der Waals surface area contributed by atoms with E-state index in [1.165, 1.54) is 10.7 Å². The van der Waals surface area contributed by atoms with Crippen LogP contribution in [0.15, 0.2) is 42.5 Å². The third-order valence-corrected chi connectivity index (χ3v) is 5.43. The van der Waals surface area contributed by atoms with Crippen LogP contribution in [0.2, 0.25) is 0 Å². The van der Waals surface area contributed by atoms with Gasteiger partial charge in [-0.2, -0.15) is 5.10 Å². The normalized spacial score (nSPS) is 13.7. The van der Waals surface area contributed by atoms with Gasteiger partial charge in [0.05, 0.1) is 17.4 Å². The summed E-state index contributed by atoms with van der Waals surface area (Å²) < 4.78 is 34.5. The van der Waals surface area contributed by atoms with Crippen LogP contribution in [0.25, 0.3) is 11.3 Å². The van der Waals surface area contributed by atoms with Gasteiger partial charge in [0, 0.05) is 18.2 Å². The molecule has 1 heterocycles. The lowest BCUT2D eigenvalue weighted by Gasteiger charge is -2.18. The molecule has 2 N–H and O–H groups in total. The van der Waals surface area contributed by atoms with Crippen molar-refractivity contribution in [3.05, 3.63) is 64.8 Å². The molecule has 0 aliphatic heterocycles. The van der Waals surface area contributed by atoms with Crippen LogP contribution in [0.1, 0.15) is 47.7 Å². The molecule has 3 aromatic rings. The van der Waals surface area contributed by atoms with Gasteiger partial charge in [0.25, 0.3) is 6.43 Å². The number of alkyl halides is 2. The van der Waals surface area contributed by atoms with E-state index in [4.69, 9.17) is 10.6 Å². The Kier molecular flexibility index (Phi) is 5.47. The van der Waals surface area contributed by atoms with Crippen LogP contribution in [-0.2, 0) is 6.61 Å². The number of hydrogen-bond acceptors (Lipinski definition) is 4. The SMILES string of the molecule is Cc1cc(-c2cc(C(F)F)n(C3CC3)n2)c(C)cc1OCc1ccccc1N(C)N. The molecule has 4 rings (SSSR count). The second-order valence-corrected chi connectivity index (χ2v) is 7.89. The number of anilines is 1. The molecule has 1 aliphatic carbocycles. The number of para-hydroxylation sites is 1. The number of nitrogens with two attached hydrogens (primary N) is 1. The summed E-state index contributed by atoms with van der Waals surface area (Å²) in [6.45, 7) is 4.27. The number of nitrogens with zero attached hydrogens (tertiary/aromatic N) is 3. The second kappa shape index (κ2) is 8.07. The quantitative estimate of drug-likeness (QED) is 0.421. The summed E-state index contributed by atoms with van der Waals surface area (Å²) in [6.07, 6.45) is -0.715. The summed E-state index contributed by atoms with van der Waals surface area (Å²) in [6, 6.07) is 13.3. The molecule has 7 heteroatoms. The number of hydrogen-bond donors (Lipinski definition) is 1. The Balaban J connectivity index is 1.60. The first kappa shape index (κ1) is 20.3. The van der Waals surface area contributed by atoms with Gasteiger partial charge in [0.1, 0.15) is 18.1 Å². The molecule has 1 aromatic heterocycles. The molecular formula is C23H26F2N4O. The molecule has 1 aliphatic rings. The third-order valence-electron chi connectivity index (χ3n) is 5.43. The monoisotopic (exact) mass is 412 g/mol. The zero-order chi connectivity index (χ0) is 21.4. The van der Waals surface area contributed by atoms with E-state index in [1.807, 2.05) is 50.2 Å². The molecule has 0 bridgehead atoms. The first-order valence-electron chi connectivity index (χ1n) is 10.0. The van der Waals surface area contributed by atoms with Crippen molar-refractivity contribution in [3.63, 3.8) is 0 Å². The molecule has 1 saturated carbocycles. The van der Waals surface area contributed by atoms with Crippen LogP contribution >= 0.6 is 0 Å². The van der Waals surface area contributed by atoms with E-state index in [9.17, 15) is 8.78 Å². The minimum Gasteiger partial charge on any atom is -0.489 e. The number of rotatable bonds is 7. The summed E-state index contributed by atoms with van der Waals surface area (Å²) >= 11 is 0. The minimum absolute atomic E-state index is 0.00705. The lowest BCUT2D eigenvalue weighted by Crippen LogP contribution is -2.26. The summed E-state index contributed by atoms with van der Waals surface area (Å²) in [7, 11) is 1.79. The van der Waals surface area contributed by atoms with Gasteiger partial charge in [-0.1, -0.05) is 18.2 Å². The van der Waals surface area contributed by atoms with Gasteiger partial charge in [-0.15, -0.1) is 0 Å². The zero-order valence-corrected chi connectivity index (χ0v) is 17.4. The molecule has 0 atom stereocenters. The fourth-order valence-corrected chi connectivity index (χ4v) is 3.67. The van der Waals surface area contributed by atoms with Crippen LogP contribution in [0, 0.1) is 13.8 Å². The summed E-state index contributed by atoms with van der Waals surface area (Å²) in [5.74, 6) is 6.65. The van der Waals surface area contributed by atoms with Gasteiger partial charge in [-0.3, -0.25) is 4.68 Å². The van der Waals surface area contributed by atoms with Gasteiger partial charge in [0.15, 0.2) is 0 Å². The number of halogens is 2. The van der Waals surface area contributed by atoms with Crippen LogP contribution in [-0.4, -0.2) is 16.8 Å². The maximum absolute atomic E-state index is 13.4. The molecule has 158 valence electrons. The predicted octanol–water partition coefficient (Wildman–Crippen LogP) is 5.33. The molecule has 0 saturated heterocycles. The lowest BCUT2D eigenvalue weighted by atomic mass is 10.0. The molecule has 0 amide bonds. The largest absolute Gasteiger partial charge is 0.489 e. The van der Waals surface area contributed by atoms with E-state index >= 15 is 0 Å². The smallest absolute Gasteiger partial charge is 0.280 e. The van der Waals surface area contributed by atoms with Crippen molar-refractivity contribution in [1.82, 2.24) is 9.78 Å². The van der Waals surface area contributed by atoms with Crippen molar-refractivity contribution in [3.8, 4) is 17.0 Å². The molecule has 30 heavy (non-hydrogen) atoms. The van der Waals surface area contributed by atoms with E-state index in [2.05, 4.69) is 5.10 Å². The van der Waals surface area contributed by atoms with E-state index < -0.39 is 6.43 Å². The van der Waals surface area contributed by atoms with Crippen molar-refractivity contribution in [2.75, 3.05) is 12.1 Å². The molecule has 0 radical (unpaired) electrons. The van der Waals surface area contributed by atoms with E-state index in [-0.39, 0.29) is 11.7 Å². The van der Waals surface area contributed by atoms with Crippen molar-refractivity contribution in [1.29, 1.82) is 0 Å². The first-order valence-corrected chi connectivity index (χ1v) is 10.0. The zero-order valence-electron chi connectivity index (χ0n) is 17.4. The van der Waals surface area contributed by atoms with Crippen molar-refractivity contribution in [2.45, 2.75) is 45.8 Å². The van der Waals surface area contributed by atoms with Gasteiger partial charge in [-0.25, -0.2) is 14.6 Å². The highest BCUT2D eigenvalue weighted by Crippen LogP contribution is 2.40. The summed E-state index contributed by atoms with van der Waals surface area (Å²) in [5.41, 5.74) is 5.16. The number of ether oxygens (including phenoxy) is 1. The van der Waals surface area contributed by atoms with Crippen molar-refractivity contribution >= 4 is 5.69 Å². The average Bonchev–Trinajstić information content (AvgIpc) is 3.46. The third kappa shape index (κ3) is 4.03. The highest BCUT2D eigenvalue weighted by atomic mass is 19.3.